The Hall–Kier alpha value is -2.21. The summed E-state index contributed by atoms with van der Waals surface area (Å²) in [6.45, 7) is 1.44. The standard InChI is InChI=1S/C21H28N4O/c22-14-16-4-3-5-18(12-16)17-9-7-15(8-10-17)13-20(23)25-21(26)19-6-1-2-11-24-19/h3-5,7-10,12,19-20,24H,1-2,6,11,13-14,22-23H2,(H,25,26)/t19-,20-/m0/s1. The van der Waals surface area contributed by atoms with Crippen molar-refractivity contribution in [1.82, 2.24) is 10.6 Å². The molecule has 2 atom stereocenters. The number of rotatable bonds is 6. The fourth-order valence-electron chi connectivity index (χ4n) is 3.38. The van der Waals surface area contributed by atoms with E-state index in [0.717, 1.165) is 48.1 Å². The molecule has 2 aromatic carbocycles. The number of hydrogen-bond donors (Lipinski definition) is 4. The van der Waals surface area contributed by atoms with E-state index in [9.17, 15) is 4.79 Å². The van der Waals surface area contributed by atoms with Crippen LogP contribution in [0, 0.1) is 0 Å². The molecule has 0 spiro atoms. The van der Waals surface area contributed by atoms with Crippen LogP contribution >= 0.6 is 0 Å². The number of amides is 1. The van der Waals surface area contributed by atoms with Gasteiger partial charge in [-0.15, -0.1) is 0 Å². The molecule has 5 nitrogen and oxygen atoms in total. The molecule has 1 amide bonds. The van der Waals surface area contributed by atoms with Crippen molar-refractivity contribution < 1.29 is 4.79 Å². The van der Waals surface area contributed by atoms with Gasteiger partial charge in [-0.2, -0.15) is 0 Å². The highest BCUT2D eigenvalue weighted by Gasteiger charge is 2.21. The van der Waals surface area contributed by atoms with Crippen LogP contribution in [-0.4, -0.2) is 24.7 Å². The van der Waals surface area contributed by atoms with Gasteiger partial charge in [0.15, 0.2) is 0 Å². The number of carbonyl (C=O) groups excluding carboxylic acids is 1. The van der Waals surface area contributed by atoms with Crippen LogP contribution in [0.5, 0.6) is 0 Å². The van der Waals surface area contributed by atoms with E-state index < -0.39 is 0 Å². The maximum Gasteiger partial charge on any atom is 0.238 e. The summed E-state index contributed by atoms with van der Waals surface area (Å²) in [5.74, 6) is 0.00687. The van der Waals surface area contributed by atoms with Crippen molar-refractivity contribution in [2.24, 2.45) is 11.5 Å². The van der Waals surface area contributed by atoms with E-state index in [1.165, 1.54) is 0 Å². The molecule has 1 heterocycles. The molecule has 138 valence electrons. The van der Waals surface area contributed by atoms with Crippen LogP contribution < -0.4 is 22.1 Å². The second-order valence-electron chi connectivity index (χ2n) is 6.92. The van der Waals surface area contributed by atoms with E-state index in [4.69, 9.17) is 11.5 Å². The summed E-state index contributed by atoms with van der Waals surface area (Å²) in [7, 11) is 0. The Labute approximate surface area is 155 Å². The Bertz CT molecular complexity index is 723. The minimum atomic E-state index is -0.377. The first-order valence-corrected chi connectivity index (χ1v) is 9.33. The molecule has 1 aliphatic rings. The molecular formula is C21H28N4O. The normalized spacial score (nSPS) is 18.3. The minimum Gasteiger partial charge on any atom is -0.339 e. The molecule has 0 radical (unpaired) electrons. The average molecular weight is 352 g/mol. The monoisotopic (exact) mass is 352 g/mol. The van der Waals surface area contributed by atoms with Crippen molar-refractivity contribution in [3.63, 3.8) is 0 Å². The molecule has 26 heavy (non-hydrogen) atoms. The number of piperidine rings is 1. The smallest absolute Gasteiger partial charge is 0.238 e. The number of carbonyl (C=O) groups is 1. The van der Waals surface area contributed by atoms with Crippen LogP contribution in [0.1, 0.15) is 30.4 Å². The summed E-state index contributed by atoms with van der Waals surface area (Å²) >= 11 is 0. The molecule has 2 aromatic rings. The molecule has 0 aliphatic carbocycles. The Balaban J connectivity index is 1.57. The fourth-order valence-corrected chi connectivity index (χ4v) is 3.38. The van der Waals surface area contributed by atoms with Crippen LogP contribution in [0.25, 0.3) is 11.1 Å². The van der Waals surface area contributed by atoms with Gasteiger partial charge in [0.25, 0.3) is 0 Å². The zero-order valence-electron chi connectivity index (χ0n) is 15.1. The predicted octanol–water partition coefficient (Wildman–Crippen LogP) is 1.90. The van der Waals surface area contributed by atoms with Gasteiger partial charge in [0, 0.05) is 13.0 Å². The van der Waals surface area contributed by atoms with Crippen LogP contribution in [0.4, 0.5) is 0 Å². The summed E-state index contributed by atoms with van der Waals surface area (Å²) in [6, 6.07) is 16.4. The van der Waals surface area contributed by atoms with Crippen molar-refractivity contribution in [1.29, 1.82) is 0 Å². The zero-order chi connectivity index (χ0) is 18.4. The second kappa shape index (κ2) is 8.94. The minimum absolute atomic E-state index is 0.00687. The molecule has 0 unspecified atom stereocenters. The molecule has 1 aliphatic heterocycles. The van der Waals surface area contributed by atoms with Gasteiger partial charge in [-0.25, -0.2) is 0 Å². The SMILES string of the molecule is NCc1cccc(-c2ccc(C[C@@H](N)NC(=O)[C@@H]3CCCCN3)cc2)c1. The summed E-state index contributed by atoms with van der Waals surface area (Å²) in [4.78, 5) is 12.2. The topological polar surface area (TPSA) is 93.2 Å². The number of nitrogens with two attached hydrogens (primary N) is 2. The maximum absolute atomic E-state index is 12.2. The molecular weight excluding hydrogens is 324 g/mol. The molecule has 5 heteroatoms. The average Bonchev–Trinajstić information content (AvgIpc) is 2.69. The van der Waals surface area contributed by atoms with E-state index in [2.05, 4.69) is 47.0 Å². The van der Waals surface area contributed by atoms with Crippen molar-refractivity contribution in [3.8, 4) is 11.1 Å². The highest BCUT2D eigenvalue weighted by atomic mass is 16.2. The van der Waals surface area contributed by atoms with Gasteiger partial charge >= 0.3 is 0 Å². The molecule has 0 saturated carbocycles. The van der Waals surface area contributed by atoms with Gasteiger partial charge < -0.3 is 22.1 Å². The predicted molar refractivity (Wildman–Crippen MR) is 105 cm³/mol. The van der Waals surface area contributed by atoms with Crippen LogP contribution in [0.2, 0.25) is 0 Å². The lowest BCUT2D eigenvalue weighted by Crippen LogP contribution is -2.52. The Kier molecular flexibility index (Phi) is 6.39. The highest BCUT2D eigenvalue weighted by molar-refractivity contribution is 5.82. The van der Waals surface area contributed by atoms with E-state index in [-0.39, 0.29) is 18.1 Å². The first-order chi connectivity index (χ1) is 12.7. The maximum atomic E-state index is 12.2. The fraction of sp³-hybridized carbons (Fsp3) is 0.381. The number of hydrogen-bond acceptors (Lipinski definition) is 4. The lowest BCUT2D eigenvalue weighted by molar-refractivity contribution is -0.124. The second-order valence-corrected chi connectivity index (χ2v) is 6.92. The van der Waals surface area contributed by atoms with E-state index in [1.807, 2.05) is 12.1 Å². The molecule has 1 fully saturated rings. The summed E-state index contributed by atoms with van der Waals surface area (Å²) in [5.41, 5.74) is 16.4. The Morgan fingerprint density at radius 1 is 1.12 bits per heavy atom. The van der Waals surface area contributed by atoms with Crippen LogP contribution in [-0.2, 0) is 17.8 Å². The van der Waals surface area contributed by atoms with E-state index >= 15 is 0 Å². The Morgan fingerprint density at radius 3 is 2.62 bits per heavy atom. The quantitative estimate of drug-likeness (QED) is 0.598. The van der Waals surface area contributed by atoms with Gasteiger partial charge in [-0.3, -0.25) is 4.79 Å². The van der Waals surface area contributed by atoms with Crippen molar-refractivity contribution in [3.05, 3.63) is 59.7 Å². The van der Waals surface area contributed by atoms with Crippen molar-refractivity contribution >= 4 is 5.91 Å². The van der Waals surface area contributed by atoms with Crippen LogP contribution in [0.15, 0.2) is 48.5 Å². The van der Waals surface area contributed by atoms with Gasteiger partial charge in [0.2, 0.25) is 5.91 Å². The third-order valence-electron chi connectivity index (χ3n) is 4.86. The number of nitrogens with one attached hydrogen (secondary N) is 2. The first-order valence-electron chi connectivity index (χ1n) is 9.33. The van der Waals surface area contributed by atoms with Gasteiger partial charge in [-0.05, 0) is 47.7 Å². The van der Waals surface area contributed by atoms with Crippen molar-refractivity contribution in [2.45, 2.75) is 44.4 Å². The summed E-state index contributed by atoms with van der Waals surface area (Å²) in [6.07, 6.45) is 3.35. The molecule has 6 N–H and O–H groups in total. The molecule has 3 rings (SSSR count). The highest BCUT2D eigenvalue weighted by Crippen LogP contribution is 2.21. The molecule has 1 saturated heterocycles. The van der Waals surface area contributed by atoms with Crippen molar-refractivity contribution in [2.75, 3.05) is 6.54 Å². The lowest BCUT2D eigenvalue weighted by atomic mass is 10.0. The van der Waals surface area contributed by atoms with Gasteiger partial charge in [-0.1, -0.05) is 48.9 Å². The van der Waals surface area contributed by atoms with Gasteiger partial charge in [0.05, 0.1) is 12.2 Å². The first kappa shape index (κ1) is 18.6. The van der Waals surface area contributed by atoms with E-state index in [0.29, 0.717) is 13.0 Å². The van der Waals surface area contributed by atoms with Crippen LogP contribution in [0.3, 0.4) is 0 Å². The number of benzene rings is 2. The lowest BCUT2D eigenvalue weighted by Gasteiger charge is -2.24. The largest absolute Gasteiger partial charge is 0.339 e. The molecule has 0 bridgehead atoms. The third kappa shape index (κ3) is 4.91. The summed E-state index contributed by atoms with van der Waals surface area (Å²) < 4.78 is 0. The third-order valence-corrected chi connectivity index (χ3v) is 4.86. The Morgan fingerprint density at radius 2 is 1.92 bits per heavy atom. The van der Waals surface area contributed by atoms with Gasteiger partial charge in [0.1, 0.15) is 0 Å². The molecule has 0 aromatic heterocycles. The summed E-state index contributed by atoms with van der Waals surface area (Å²) in [5, 5.41) is 6.17. The zero-order valence-corrected chi connectivity index (χ0v) is 15.1. The van der Waals surface area contributed by atoms with E-state index in [1.54, 1.807) is 0 Å².